The molecule has 1 aromatic carbocycles. The third kappa shape index (κ3) is 8.99. The van der Waals surface area contributed by atoms with Gasteiger partial charge in [-0.3, -0.25) is 0 Å². The van der Waals surface area contributed by atoms with Crippen LogP contribution in [0.4, 0.5) is 14.9 Å². The maximum Gasteiger partial charge on any atom is 0.422 e. The van der Waals surface area contributed by atoms with E-state index in [1.54, 1.807) is 25.5 Å². The number of rotatable bonds is 4. The average Bonchev–Trinajstić information content (AvgIpc) is 2.37. The third-order valence-corrected chi connectivity index (χ3v) is 3.11. The molecule has 0 aliphatic carbocycles. The lowest BCUT2D eigenvalue weighted by atomic mass is 10.2. The van der Waals surface area contributed by atoms with Crippen LogP contribution in [0.3, 0.4) is 0 Å². The molecule has 132 valence electrons. The summed E-state index contributed by atoms with van der Waals surface area (Å²) in [5.41, 5.74) is 4.88. The molecule has 7 nitrogen and oxygen atoms in total. The number of nitrogens with two attached hydrogens (primary N) is 1. The van der Waals surface area contributed by atoms with Crippen molar-refractivity contribution < 1.29 is 22.3 Å². The maximum atomic E-state index is 13.5. The van der Waals surface area contributed by atoms with E-state index in [4.69, 9.17) is 10.5 Å². The van der Waals surface area contributed by atoms with Crippen LogP contribution in [-0.4, -0.2) is 20.1 Å². The zero-order chi connectivity index (χ0) is 18.3. The Balaban J connectivity index is 0.00000232. The molecule has 1 amide bonds. The van der Waals surface area contributed by atoms with Gasteiger partial charge in [0, 0.05) is 17.8 Å². The van der Waals surface area contributed by atoms with Crippen molar-refractivity contribution in [2.75, 3.05) is 5.73 Å². The third-order valence-electron chi connectivity index (χ3n) is 2.15. The molecule has 0 bridgehead atoms. The Hall–Kier alpha value is -1.87. The lowest BCUT2D eigenvalue weighted by Gasteiger charge is -2.19. The van der Waals surface area contributed by atoms with E-state index in [9.17, 15) is 17.6 Å². The van der Waals surface area contributed by atoms with E-state index in [0.29, 0.717) is 0 Å². The number of halogens is 1. The van der Waals surface area contributed by atoms with E-state index in [1.807, 2.05) is 18.6 Å². The minimum atomic E-state index is -4.15. The normalized spacial score (nSPS) is 11.2. The van der Waals surface area contributed by atoms with Gasteiger partial charge in [0.05, 0.1) is 0 Å². The van der Waals surface area contributed by atoms with Crippen molar-refractivity contribution in [2.45, 2.75) is 46.8 Å². The van der Waals surface area contributed by atoms with Gasteiger partial charge in [0.15, 0.2) is 0 Å². The molecule has 1 aromatic rings. The molecule has 0 saturated carbocycles. The van der Waals surface area contributed by atoms with Gasteiger partial charge in [-0.25, -0.2) is 13.9 Å². The Morgan fingerprint density at radius 2 is 1.87 bits per heavy atom. The standard InChI is InChI=1S/C12H18FN3O4S.C2H6/c1-12(2,3)20-11(17)16-21(18,19)15-7-8-4-5-9(14)6-10(8)13;1-2/h4-6,15H,7,14H2,1-3H3,(H,16,17);1-2H3. The van der Waals surface area contributed by atoms with Crippen LogP contribution in [0.15, 0.2) is 18.2 Å². The number of hydrogen-bond donors (Lipinski definition) is 3. The first-order valence-electron chi connectivity index (χ1n) is 7.03. The van der Waals surface area contributed by atoms with Gasteiger partial charge in [0.1, 0.15) is 11.4 Å². The largest absolute Gasteiger partial charge is 0.443 e. The highest BCUT2D eigenvalue weighted by Crippen LogP contribution is 2.11. The van der Waals surface area contributed by atoms with Crippen LogP contribution in [-0.2, 0) is 21.5 Å². The molecule has 0 spiro atoms. The quantitative estimate of drug-likeness (QED) is 0.722. The number of nitrogens with one attached hydrogen (secondary N) is 2. The molecule has 0 unspecified atom stereocenters. The van der Waals surface area contributed by atoms with E-state index < -0.39 is 27.7 Å². The smallest absolute Gasteiger partial charge is 0.422 e. The molecule has 4 N–H and O–H groups in total. The van der Waals surface area contributed by atoms with Gasteiger partial charge in [-0.15, -0.1) is 0 Å². The number of amides is 1. The van der Waals surface area contributed by atoms with Crippen LogP contribution in [0.25, 0.3) is 0 Å². The summed E-state index contributed by atoms with van der Waals surface area (Å²) in [7, 11) is -4.15. The van der Waals surface area contributed by atoms with Gasteiger partial charge in [0.25, 0.3) is 0 Å². The van der Waals surface area contributed by atoms with Gasteiger partial charge in [-0.05, 0) is 32.9 Å². The van der Waals surface area contributed by atoms with Crippen molar-refractivity contribution in [1.29, 1.82) is 0 Å². The Morgan fingerprint density at radius 1 is 1.30 bits per heavy atom. The molecule has 0 aromatic heterocycles. The van der Waals surface area contributed by atoms with Crippen molar-refractivity contribution >= 4 is 22.0 Å². The number of hydrogen-bond acceptors (Lipinski definition) is 5. The van der Waals surface area contributed by atoms with Crippen molar-refractivity contribution in [2.24, 2.45) is 0 Å². The van der Waals surface area contributed by atoms with Crippen LogP contribution in [0.5, 0.6) is 0 Å². The summed E-state index contributed by atoms with van der Waals surface area (Å²) in [6.45, 7) is 8.45. The lowest BCUT2D eigenvalue weighted by molar-refractivity contribution is 0.0569. The average molecular weight is 349 g/mol. The summed E-state index contributed by atoms with van der Waals surface area (Å²) in [5.74, 6) is -0.644. The molecule has 0 aliphatic rings. The van der Waals surface area contributed by atoms with Gasteiger partial charge < -0.3 is 10.5 Å². The molecule has 0 atom stereocenters. The van der Waals surface area contributed by atoms with Gasteiger partial charge in [-0.1, -0.05) is 19.9 Å². The Bertz CT molecular complexity index is 627. The zero-order valence-electron chi connectivity index (χ0n) is 13.9. The van der Waals surface area contributed by atoms with Crippen LogP contribution in [0.2, 0.25) is 0 Å². The Morgan fingerprint density at radius 3 is 2.35 bits per heavy atom. The van der Waals surface area contributed by atoms with E-state index in [0.717, 1.165) is 6.07 Å². The van der Waals surface area contributed by atoms with Gasteiger partial charge >= 0.3 is 16.3 Å². The fraction of sp³-hybridized carbons (Fsp3) is 0.500. The SMILES string of the molecule is CC.CC(C)(C)OC(=O)NS(=O)(=O)NCc1ccc(N)cc1F. The first kappa shape index (κ1) is 21.1. The first-order valence-corrected chi connectivity index (χ1v) is 8.51. The molecular weight excluding hydrogens is 325 g/mol. The minimum absolute atomic E-state index is 0.0961. The molecule has 23 heavy (non-hydrogen) atoms. The summed E-state index contributed by atoms with van der Waals surface area (Å²) < 4.78 is 45.2. The van der Waals surface area contributed by atoms with Crippen molar-refractivity contribution in [1.82, 2.24) is 9.44 Å². The second-order valence-electron chi connectivity index (χ2n) is 5.28. The highest BCUT2D eigenvalue weighted by atomic mass is 32.2. The molecule has 1 rings (SSSR count). The predicted octanol–water partition coefficient (Wildman–Crippen LogP) is 2.29. The minimum Gasteiger partial charge on any atom is -0.443 e. The Labute approximate surface area is 136 Å². The monoisotopic (exact) mass is 349 g/mol. The van der Waals surface area contributed by atoms with E-state index in [1.165, 1.54) is 12.1 Å². The maximum absolute atomic E-state index is 13.5. The molecule has 9 heteroatoms. The van der Waals surface area contributed by atoms with Gasteiger partial charge in [-0.2, -0.15) is 13.1 Å². The summed E-state index contributed by atoms with van der Waals surface area (Å²) >= 11 is 0. The Kier molecular flexibility index (Phi) is 7.98. The van der Waals surface area contributed by atoms with Gasteiger partial charge in [0.2, 0.25) is 0 Å². The molecule has 0 aliphatic heterocycles. The number of ether oxygens (including phenoxy) is 1. The van der Waals surface area contributed by atoms with E-state index >= 15 is 0 Å². The second-order valence-corrected chi connectivity index (χ2v) is 6.78. The molecule has 0 fully saturated rings. The lowest BCUT2D eigenvalue weighted by Crippen LogP contribution is -2.42. The van der Waals surface area contributed by atoms with Crippen LogP contribution < -0.4 is 15.2 Å². The molecule has 0 radical (unpaired) electrons. The second kappa shape index (κ2) is 8.68. The van der Waals surface area contributed by atoms with Crippen LogP contribution in [0, 0.1) is 5.82 Å². The zero-order valence-corrected chi connectivity index (χ0v) is 14.8. The molecular formula is C14H24FN3O4S. The molecule has 0 saturated heterocycles. The molecule has 0 heterocycles. The topological polar surface area (TPSA) is 111 Å². The highest BCUT2D eigenvalue weighted by Gasteiger charge is 2.21. The van der Waals surface area contributed by atoms with Crippen LogP contribution >= 0.6 is 0 Å². The highest BCUT2D eigenvalue weighted by molar-refractivity contribution is 7.88. The predicted molar refractivity (Wildman–Crippen MR) is 87.3 cm³/mol. The van der Waals surface area contributed by atoms with Crippen molar-refractivity contribution in [3.63, 3.8) is 0 Å². The van der Waals surface area contributed by atoms with Crippen LogP contribution in [0.1, 0.15) is 40.2 Å². The van der Waals surface area contributed by atoms with Crippen molar-refractivity contribution in [3.05, 3.63) is 29.6 Å². The fourth-order valence-corrected chi connectivity index (χ4v) is 2.00. The first-order chi connectivity index (χ1) is 10.5. The number of nitrogen functional groups attached to an aromatic ring is 1. The summed E-state index contributed by atoms with van der Waals surface area (Å²) in [5, 5.41) is 0. The number of carbonyl (C=O) groups is 1. The van der Waals surface area contributed by atoms with E-state index in [2.05, 4.69) is 0 Å². The van der Waals surface area contributed by atoms with Crippen molar-refractivity contribution in [3.8, 4) is 0 Å². The van der Waals surface area contributed by atoms with E-state index in [-0.39, 0.29) is 17.8 Å². The summed E-state index contributed by atoms with van der Waals surface area (Å²) in [6, 6.07) is 3.86. The summed E-state index contributed by atoms with van der Waals surface area (Å²) in [6.07, 6.45) is -1.12. The number of anilines is 1. The number of benzene rings is 1. The fourth-order valence-electron chi connectivity index (χ4n) is 1.32. The number of carbonyl (C=O) groups excluding carboxylic acids is 1. The summed E-state index contributed by atoms with van der Waals surface area (Å²) in [4.78, 5) is 11.4.